The van der Waals surface area contributed by atoms with E-state index in [-0.39, 0.29) is 55.4 Å². The van der Waals surface area contributed by atoms with Crippen LogP contribution in [0.15, 0.2) is 43.5 Å². The van der Waals surface area contributed by atoms with Crippen LogP contribution in [0.4, 0.5) is 9.59 Å². The molecule has 3 aromatic rings. The number of carbonyl (C=O) groups is 4. The Morgan fingerprint density at radius 2 is 1.66 bits per heavy atom. The molecule has 10 rings (SSSR count). The van der Waals surface area contributed by atoms with E-state index >= 15 is 4.79 Å². The number of esters is 2. The minimum Gasteiger partial charge on any atom is -0.493 e. The summed E-state index contributed by atoms with van der Waals surface area (Å²) < 4.78 is 58.9. The van der Waals surface area contributed by atoms with Crippen molar-refractivity contribution in [2.75, 3.05) is 60.2 Å². The Balaban J connectivity index is 1.28. The molecule has 1 N–H and O–H groups in total. The molecule has 0 aromatic heterocycles. The zero-order valence-electron chi connectivity index (χ0n) is 37.9. The van der Waals surface area contributed by atoms with Crippen LogP contribution in [-0.4, -0.2) is 112 Å². The van der Waals surface area contributed by atoms with Gasteiger partial charge in [-0.1, -0.05) is 31.4 Å². The van der Waals surface area contributed by atoms with Crippen molar-refractivity contribution in [2.45, 2.75) is 74.6 Å². The molecule has 352 valence electrons. The SMILES string of the molecule is C=CCOC(=O)Oc1cc2c(cc1OC)[C@@]1(CS[C@@H]3c4c(OC(C)=O)c(C)c5c(c4[C@@H](COC1=O)N1C3[C@@H]3c4c(cc(C)c(OC)c4OC(=O)OCC=C)C[C@@H]([C@@H]1C#N)N3C)OCO5)NCC2. The van der Waals surface area contributed by atoms with Crippen LogP contribution >= 0.6 is 11.8 Å². The van der Waals surface area contributed by atoms with Gasteiger partial charge >= 0.3 is 24.2 Å². The number of carbonyl (C=O) groups excluding carboxylic acids is 4. The van der Waals surface area contributed by atoms with Gasteiger partial charge in [0.05, 0.1) is 37.6 Å². The van der Waals surface area contributed by atoms with Crippen LogP contribution in [0.3, 0.4) is 0 Å². The second kappa shape index (κ2) is 18.0. The highest BCUT2D eigenvalue weighted by Gasteiger charge is 2.62. The second-order valence-corrected chi connectivity index (χ2v) is 18.1. The quantitative estimate of drug-likeness (QED) is 0.0862. The fraction of sp³-hybridized carbons (Fsp3) is 0.438. The third-order valence-electron chi connectivity index (χ3n) is 13.4. The molecule has 4 bridgehead atoms. The largest absolute Gasteiger partial charge is 0.514 e. The molecule has 2 saturated heterocycles. The van der Waals surface area contributed by atoms with Gasteiger partial charge in [0.1, 0.15) is 31.6 Å². The van der Waals surface area contributed by atoms with Crippen molar-refractivity contribution in [1.29, 1.82) is 5.26 Å². The molecule has 1 unspecified atom stereocenters. The number of rotatable bonds is 9. The zero-order valence-corrected chi connectivity index (χ0v) is 38.7. The Kier molecular flexibility index (Phi) is 12.3. The molecule has 0 aliphatic carbocycles. The number of benzene rings is 3. The van der Waals surface area contributed by atoms with Crippen molar-refractivity contribution in [2.24, 2.45) is 0 Å². The fourth-order valence-electron chi connectivity index (χ4n) is 10.8. The summed E-state index contributed by atoms with van der Waals surface area (Å²) in [6, 6.07) is 4.61. The molecule has 0 amide bonds. The van der Waals surface area contributed by atoms with Crippen LogP contribution < -0.4 is 38.5 Å². The second-order valence-electron chi connectivity index (χ2n) is 17.0. The van der Waals surface area contributed by atoms with Crippen molar-refractivity contribution in [3.8, 4) is 46.3 Å². The lowest BCUT2D eigenvalue weighted by Gasteiger charge is -2.62. The molecule has 67 heavy (non-hydrogen) atoms. The van der Waals surface area contributed by atoms with Gasteiger partial charge in [0.15, 0.2) is 40.0 Å². The van der Waals surface area contributed by atoms with Gasteiger partial charge in [-0.2, -0.15) is 5.26 Å². The van der Waals surface area contributed by atoms with E-state index in [1.807, 2.05) is 20.0 Å². The van der Waals surface area contributed by atoms with Gasteiger partial charge < -0.3 is 47.4 Å². The maximum atomic E-state index is 15.1. The van der Waals surface area contributed by atoms with Gasteiger partial charge in [-0.3, -0.25) is 19.9 Å². The highest BCUT2D eigenvalue weighted by atomic mass is 32.2. The van der Waals surface area contributed by atoms with E-state index in [9.17, 15) is 19.6 Å². The van der Waals surface area contributed by atoms with Gasteiger partial charge in [0.2, 0.25) is 6.79 Å². The first-order valence-electron chi connectivity index (χ1n) is 21.7. The van der Waals surface area contributed by atoms with E-state index < -0.39 is 65.2 Å². The average Bonchev–Trinajstić information content (AvgIpc) is 3.80. The van der Waals surface area contributed by atoms with Crippen LogP contribution in [0.2, 0.25) is 0 Å². The normalized spacial score (nSPS) is 25.4. The molecule has 7 aliphatic rings. The molecule has 0 saturated carbocycles. The Labute approximate surface area is 390 Å². The Bertz CT molecular complexity index is 2650. The van der Waals surface area contributed by atoms with Gasteiger partial charge in [0, 0.05) is 53.6 Å². The van der Waals surface area contributed by atoms with E-state index in [0.29, 0.717) is 75.6 Å². The summed E-state index contributed by atoms with van der Waals surface area (Å²) in [6.45, 7) is 12.0. The molecule has 18 nitrogen and oxygen atoms in total. The number of hydrogen-bond acceptors (Lipinski definition) is 19. The monoisotopic (exact) mass is 938 g/mol. The summed E-state index contributed by atoms with van der Waals surface area (Å²) in [5, 5.41) is 14.2. The lowest BCUT2D eigenvalue weighted by Crippen LogP contribution is -2.69. The lowest BCUT2D eigenvalue weighted by molar-refractivity contribution is -0.157. The fourth-order valence-corrected chi connectivity index (χ4v) is 12.5. The number of thioether (sulfide) groups is 1. The summed E-state index contributed by atoms with van der Waals surface area (Å²) in [4.78, 5) is 58.6. The first-order valence-corrected chi connectivity index (χ1v) is 22.8. The van der Waals surface area contributed by atoms with Crippen LogP contribution in [0.25, 0.3) is 0 Å². The van der Waals surface area contributed by atoms with Crippen molar-refractivity contribution in [3.63, 3.8) is 0 Å². The maximum absolute atomic E-state index is 15.1. The van der Waals surface area contributed by atoms with E-state index in [2.05, 4.69) is 34.3 Å². The van der Waals surface area contributed by atoms with E-state index in [1.165, 1.54) is 45.1 Å². The third-order valence-corrected chi connectivity index (χ3v) is 14.9. The van der Waals surface area contributed by atoms with Crippen molar-refractivity contribution >= 4 is 36.0 Å². The standard InChI is InChI=1S/C48H50N4O14S/c1-9-13-59-46(55)65-33-17-26-11-12-50-48(28(26)18-32(33)57-7)21-67-44-36-35(42-41(62-22-63-42)24(4)40(36)64-25(5)53)31(20-61-45(48)54)52-30(19-49)29-16-27-15-23(3)39(58-8)43(66-47(56)60-14-10-2)34(27)37(38(44)52)51(29)6/h9-10,15,17-18,29-31,37-38,44,50H,1-2,11-14,16,20-22H2,3-8H3/t29-,30-,31+,37-,38?,44+,48+/m0/s1. The number of methoxy groups -OCH3 is 2. The molecule has 1 spiro atoms. The molecule has 0 radical (unpaired) electrons. The first kappa shape index (κ1) is 45.7. The highest BCUT2D eigenvalue weighted by molar-refractivity contribution is 7.99. The summed E-state index contributed by atoms with van der Waals surface area (Å²) in [7, 11) is 4.87. The van der Waals surface area contributed by atoms with Gasteiger partial charge in [-0.25, -0.2) is 14.4 Å². The Hall–Kier alpha value is -6.46. The molecule has 7 aliphatic heterocycles. The number of hydrogen-bond donors (Lipinski definition) is 1. The van der Waals surface area contributed by atoms with Crippen molar-refractivity contribution in [1.82, 2.24) is 15.1 Å². The average molecular weight is 939 g/mol. The summed E-state index contributed by atoms with van der Waals surface area (Å²) in [6.07, 6.45) is 1.78. The van der Waals surface area contributed by atoms with Gasteiger partial charge in [-0.15, -0.1) is 11.8 Å². The molecular formula is C48H50N4O14S. The smallest absolute Gasteiger partial charge is 0.493 e. The number of aryl methyl sites for hydroxylation is 1. The third kappa shape index (κ3) is 7.37. The van der Waals surface area contributed by atoms with Crippen LogP contribution in [-0.2, 0) is 42.2 Å². The summed E-state index contributed by atoms with van der Waals surface area (Å²) in [5.41, 5.74) is 3.66. The van der Waals surface area contributed by atoms with Gasteiger partial charge in [0.25, 0.3) is 0 Å². The summed E-state index contributed by atoms with van der Waals surface area (Å²) >= 11 is 1.41. The van der Waals surface area contributed by atoms with Crippen LogP contribution in [0, 0.1) is 25.2 Å². The molecule has 2 fully saturated rings. The molecule has 3 aromatic carbocycles. The van der Waals surface area contributed by atoms with Crippen LogP contribution in [0.5, 0.6) is 40.2 Å². The van der Waals surface area contributed by atoms with E-state index in [1.54, 1.807) is 19.1 Å². The minimum atomic E-state index is -1.51. The predicted octanol–water partition coefficient (Wildman–Crippen LogP) is 5.98. The number of nitrogens with zero attached hydrogens (tertiary/aromatic N) is 3. The predicted molar refractivity (Wildman–Crippen MR) is 239 cm³/mol. The zero-order chi connectivity index (χ0) is 47.5. The number of ether oxygens (including phenoxy) is 10. The maximum Gasteiger partial charge on any atom is 0.514 e. The van der Waals surface area contributed by atoms with E-state index in [0.717, 1.165) is 5.56 Å². The molecular weight excluding hydrogens is 889 g/mol. The van der Waals surface area contributed by atoms with Gasteiger partial charge in [-0.05, 0) is 68.1 Å². The number of nitriles is 1. The van der Waals surface area contributed by atoms with Crippen molar-refractivity contribution < 1.29 is 66.5 Å². The number of likely N-dealkylation sites (N-methyl/N-ethyl adjacent to an activating group) is 1. The number of fused-ring (bicyclic) bond motifs is 9. The topological polar surface area (TPSA) is 203 Å². The first-order chi connectivity index (χ1) is 32.3. The van der Waals surface area contributed by atoms with Crippen LogP contribution in [0.1, 0.15) is 68.8 Å². The van der Waals surface area contributed by atoms with Crippen molar-refractivity contribution in [3.05, 3.63) is 88.0 Å². The minimum absolute atomic E-state index is 0.0358. The molecule has 7 atom stereocenters. The number of nitrogens with one attached hydrogen (secondary N) is 1. The summed E-state index contributed by atoms with van der Waals surface area (Å²) in [5.74, 6) is 0.692. The number of piperazine rings is 1. The van der Waals surface area contributed by atoms with E-state index in [4.69, 9.17) is 47.4 Å². The Morgan fingerprint density at radius 3 is 2.34 bits per heavy atom. The molecule has 7 heterocycles. The lowest BCUT2D eigenvalue weighted by atomic mass is 9.71. The highest BCUT2D eigenvalue weighted by Crippen LogP contribution is 2.65. The molecule has 19 heteroatoms. The Morgan fingerprint density at radius 1 is 0.925 bits per heavy atom.